The predicted molar refractivity (Wildman–Crippen MR) is 67.1 cm³/mol. The van der Waals surface area contributed by atoms with Crippen molar-refractivity contribution in [2.24, 2.45) is 11.7 Å². The van der Waals surface area contributed by atoms with Crippen molar-refractivity contribution in [2.45, 2.75) is 31.7 Å². The minimum Gasteiger partial charge on any atom is -0.406 e. The van der Waals surface area contributed by atoms with Gasteiger partial charge in [0.25, 0.3) is 0 Å². The van der Waals surface area contributed by atoms with Crippen molar-refractivity contribution in [1.29, 1.82) is 0 Å². The normalized spacial score (nSPS) is 22.6. The summed E-state index contributed by atoms with van der Waals surface area (Å²) in [6.07, 6.45) is -2.38. The van der Waals surface area contributed by atoms with Gasteiger partial charge in [-0.15, -0.1) is 13.2 Å². The molecule has 0 aromatic heterocycles. The van der Waals surface area contributed by atoms with Crippen LogP contribution in [0.2, 0.25) is 0 Å². The SMILES string of the molecule is NC1CCCC1C(=O)Nc1cccc(OC(F)(F)F)c1. The number of carbonyl (C=O) groups excluding carboxylic acids is 1. The van der Waals surface area contributed by atoms with Gasteiger partial charge >= 0.3 is 6.36 Å². The van der Waals surface area contributed by atoms with Gasteiger partial charge in [-0.25, -0.2) is 0 Å². The van der Waals surface area contributed by atoms with Crippen LogP contribution in [0.25, 0.3) is 0 Å². The fourth-order valence-electron chi connectivity index (χ4n) is 2.32. The van der Waals surface area contributed by atoms with Gasteiger partial charge in [0.1, 0.15) is 5.75 Å². The molecule has 1 saturated carbocycles. The smallest absolute Gasteiger partial charge is 0.406 e. The van der Waals surface area contributed by atoms with E-state index in [0.29, 0.717) is 6.42 Å². The van der Waals surface area contributed by atoms with Crippen LogP contribution in [0.4, 0.5) is 18.9 Å². The maximum absolute atomic E-state index is 12.1. The monoisotopic (exact) mass is 288 g/mol. The minimum absolute atomic E-state index is 0.190. The Labute approximate surface area is 114 Å². The molecule has 1 aromatic carbocycles. The highest BCUT2D eigenvalue weighted by molar-refractivity contribution is 5.93. The number of hydrogen-bond donors (Lipinski definition) is 2. The molecule has 1 fully saturated rings. The van der Waals surface area contributed by atoms with Crippen molar-refractivity contribution in [3.8, 4) is 5.75 Å². The Morgan fingerprint density at radius 1 is 1.35 bits per heavy atom. The lowest BCUT2D eigenvalue weighted by atomic mass is 10.0. The van der Waals surface area contributed by atoms with Gasteiger partial charge in [-0.3, -0.25) is 4.79 Å². The van der Waals surface area contributed by atoms with Gasteiger partial charge in [0.2, 0.25) is 5.91 Å². The molecule has 1 amide bonds. The second-order valence-electron chi connectivity index (χ2n) is 4.77. The first-order valence-electron chi connectivity index (χ1n) is 6.27. The highest BCUT2D eigenvalue weighted by Crippen LogP contribution is 2.27. The molecule has 0 saturated heterocycles. The van der Waals surface area contributed by atoms with Crippen molar-refractivity contribution in [3.05, 3.63) is 24.3 Å². The second-order valence-corrected chi connectivity index (χ2v) is 4.77. The molecule has 1 aliphatic carbocycles. The van der Waals surface area contributed by atoms with E-state index in [9.17, 15) is 18.0 Å². The molecule has 0 aliphatic heterocycles. The first-order valence-corrected chi connectivity index (χ1v) is 6.27. The maximum atomic E-state index is 12.1. The third kappa shape index (κ3) is 3.86. The summed E-state index contributed by atoms with van der Waals surface area (Å²) < 4.78 is 40.1. The molecule has 0 bridgehead atoms. The van der Waals surface area contributed by atoms with Gasteiger partial charge in [0.15, 0.2) is 0 Å². The topological polar surface area (TPSA) is 64.4 Å². The van der Waals surface area contributed by atoms with Crippen LogP contribution in [0.3, 0.4) is 0 Å². The summed E-state index contributed by atoms with van der Waals surface area (Å²) in [5.41, 5.74) is 6.07. The standard InChI is InChI=1S/C13H15F3N2O2/c14-13(15,16)20-9-4-1-3-8(7-9)18-12(19)10-5-2-6-11(10)17/h1,3-4,7,10-11H,2,5-6,17H2,(H,18,19). The number of nitrogens with two attached hydrogens (primary N) is 1. The number of anilines is 1. The maximum Gasteiger partial charge on any atom is 0.573 e. The Bertz CT molecular complexity index is 491. The van der Waals surface area contributed by atoms with Crippen LogP contribution in [-0.2, 0) is 4.79 Å². The van der Waals surface area contributed by atoms with E-state index in [1.54, 1.807) is 0 Å². The first kappa shape index (κ1) is 14.6. The van der Waals surface area contributed by atoms with Gasteiger partial charge in [-0.1, -0.05) is 12.5 Å². The molecule has 2 atom stereocenters. The van der Waals surface area contributed by atoms with E-state index < -0.39 is 6.36 Å². The molecule has 110 valence electrons. The Kier molecular flexibility index (Phi) is 4.17. The highest BCUT2D eigenvalue weighted by Gasteiger charge is 2.32. The largest absolute Gasteiger partial charge is 0.573 e. The lowest BCUT2D eigenvalue weighted by Gasteiger charge is -2.16. The van der Waals surface area contributed by atoms with E-state index in [0.717, 1.165) is 18.9 Å². The summed E-state index contributed by atoms with van der Waals surface area (Å²) in [5.74, 6) is -0.924. The van der Waals surface area contributed by atoms with Gasteiger partial charge in [-0.05, 0) is 25.0 Å². The minimum atomic E-state index is -4.75. The number of hydrogen-bond acceptors (Lipinski definition) is 3. The molecule has 2 rings (SSSR count). The number of ether oxygens (including phenoxy) is 1. The summed E-state index contributed by atoms with van der Waals surface area (Å²) in [5, 5.41) is 2.57. The van der Waals surface area contributed by atoms with Crippen molar-refractivity contribution in [2.75, 3.05) is 5.32 Å². The van der Waals surface area contributed by atoms with Crippen LogP contribution in [0.5, 0.6) is 5.75 Å². The number of alkyl halides is 3. The highest BCUT2D eigenvalue weighted by atomic mass is 19.4. The van der Waals surface area contributed by atoms with Crippen LogP contribution in [0.15, 0.2) is 24.3 Å². The molecule has 0 spiro atoms. The third-order valence-electron chi connectivity index (χ3n) is 3.24. The quantitative estimate of drug-likeness (QED) is 0.898. The van der Waals surface area contributed by atoms with Crippen LogP contribution in [-0.4, -0.2) is 18.3 Å². The Morgan fingerprint density at radius 2 is 2.10 bits per heavy atom. The van der Waals surface area contributed by atoms with Crippen molar-refractivity contribution in [3.63, 3.8) is 0 Å². The van der Waals surface area contributed by atoms with Crippen LogP contribution in [0.1, 0.15) is 19.3 Å². The first-order chi connectivity index (χ1) is 9.35. The lowest BCUT2D eigenvalue weighted by Crippen LogP contribution is -2.34. The van der Waals surface area contributed by atoms with Crippen LogP contribution < -0.4 is 15.8 Å². The van der Waals surface area contributed by atoms with Crippen LogP contribution >= 0.6 is 0 Å². The van der Waals surface area contributed by atoms with E-state index in [2.05, 4.69) is 10.1 Å². The second kappa shape index (κ2) is 5.70. The van der Waals surface area contributed by atoms with E-state index in [4.69, 9.17) is 5.73 Å². The van der Waals surface area contributed by atoms with Crippen molar-refractivity contribution in [1.82, 2.24) is 0 Å². The molecule has 1 aromatic rings. The molecular formula is C13H15F3N2O2. The van der Waals surface area contributed by atoms with E-state index in [1.165, 1.54) is 18.2 Å². The Balaban J connectivity index is 2.02. The zero-order valence-electron chi connectivity index (χ0n) is 10.6. The molecule has 3 N–H and O–H groups in total. The van der Waals surface area contributed by atoms with Gasteiger partial charge in [-0.2, -0.15) is 0 Å². The molecule has 1 aliphatic rings. The molecule has 4 nitrogen and oxygen atoms in total. The molecule has 7 heteroatoms. The van der Waals surface area contributed by atoms with E-state index in [1.807, 2.05) is 0 Å². The Hall–Kier alpha value is -1.76. The van der Waals surface area contributed by atoms with Gasteiger partial charge in [0, 0.05) is 17.8 Å². The number of carbonyl (C=O) groups is 1. The van der Waals surface area contributed by atoms with Gasteiger partial charge in [0.05, 0.1) is 5.92 Å². The average Bonchev–Trinajstić information content (AvgIpc) is 2.73. The van der Waals surface area contributed by atoms with E-state index in [-0.39, 0.29) is 29.3 Å². The summed E-state index contributed by atoms with van der Waals surface area (Å²) in [7, 11) is 0. The number of benzene rings is 1. The lowest BCUT2D eigenvalue weighted by molar-refractivity contribution is -0.274. The molecule has 2 unspecified atom stereocenters. The van der Waals surface area contributed by atoms with Crippen molar-refractivity contribution < 1.29 is 22.7 Å². The van der Waals surface area contributed by atoms with Crippen molar-refractivity contribution >= 4 is 11.6 Å². The predicted octanol–water partition coefficient (Wildman–Crippen LogP) is 2.65. The summed E-state index contributed by atoms with van der Waals surface area (Å²) in [4.78, 5) is 12.0. The fraction of sp³-hybridized carbons (Fsp3) is 0.462. The summed E-state index contributed by atoms with van der Waals surface area (Å²) in [6, 6.07) is 4.99. The summed E-state index contributed by atoms with van der Waals surface area (Å²) >= 11 is 0. The zero-order chi connectivity index (χ0) is 14.8. The van der Waals surface area contributed by atoms with E-state index >= 15 is 0 Å². The number of halogens is 3. The molecule has 0 radical (unpaired) electrons. The number of nitrogens with one attached hydrogen (secondary N) is 1. The summed E-state index contributed by atoms with van der Waals surface area (Å²) in [6.45, 7) is 0. The Morgan fingerprint density at radius 3 is 2.70 bits per heavy atom. The third-order valence-corrected chi connectivity index (χ3v) is 3.24. The number of rotatable bonds is 3. The van der Waals surface area contributed by atoms with Crippen LogP contribution in [0, 0.1) is 5.92 Å². The zero-order valence-corrected chi connectivity index (χ0v) is 10.6. The van der Waals surface area contributed by atoms with Gasteiger partial charge < -0.3 is 15.8 Å². The average molecular weight is 288 g/mol. The fourth-order valence-corrected chi connectivity index (χ4v) is 2.32. The molecule has 0 heterocycles. The molecular weight excluding hydrogens is 273 g/mol. The molecule has 20 heavy (non-hydrogen) atoms. The number of amides is 1.